The van der Waals surface area contributed by atoms with Crippen molar-refractivity contribution in [2.24, 2.45) is 5.92 Å². The van der Waals surface area contributed by atoms with Crippen molar-refractivity contribution in [2.75, 3.05) is 0 Å². The molecule has 0 radical (unpaired) electrons. The highest BCUT2D eigenvalue weighted by atomic mass is 28.4. The first-order valence-corrected chi connectivity index (χ1v) is 16.1. The van der Waals surface area contributed by atoms with E-state index in [0.29, 0.717) is 30.6 Å². The lowest BCUT2D eigenvalue weighted by molar-refractivity contribution is -0.148. The van der Waals surface area contributed by atoms with Crippen LogP contribution in [-0.2, 0) is 20.7 Å². The molecule has 0 aliphatic carbocycles. The fraction of sp³-hybridized carbons (Fsp3) is 0.314. The van der Waals surface area contributed by atoms with E-state index in [1.807, 2.05) is 61.5 Å². The predicted octanol–water partition coefficient (Wildman–Crippen LogP) is 6.41. The summed E-state index contributed by atoms with van der Waals surface area (Å²) in [6, 6.07) is 26.1. The van der Waals surface area contributed by atoms with Crippen molar-refractivity contribution in [2.45, 2.75) is 64.2 Å². The zero-order valence-electron chi connectivity index (χ0n) is 24.5. The Bertz CT molecular complexity index is 1340. The minimum absolute atomic E-state index is 0.0854. The summed E-state index contributed by atoms with van der Waals surface area (Å²) >= 11 is 0. The van der Waals surface area contributed by atoms with Gasteiger partial charge in [-0.25, -0.2) is 9.59 Å². The zero-order valence-corrected chi connectivity index (χ0v) is 25.5. The molecule has 0 spiro atoms. The van der Waals surface area contributed by atoms with Gasteiger partial charge in [-0.15, -0.1) is 13.2 Å². The largest absolute Gasteiger partial charge is 0.533 e. The Labute approximate surface area is 245 Å². The Morgan fingerprint density at radius 3 is 2.12 bits per heavy atom. The minimum atomic E-state index is -3.04. The van der Waals surface area contributed by atoms with E-state index in [1.54, 1.807) is 12.2 Å². The van der Waals surface area contributed by atoms with Gasteiger partial charge in [-0.3, -0.25) is 0 Å². The van der Waals surface area contributed by atoms with Crippen molar-refractivity contribution in [3.63, 3.8) is 0 Å². The topological polar surface area (TPSA) is 61.8 Å². The highest BCUT2D eigenvalue weighted by Crippen LogP contribution is 2.39. The lowest BCUT2D eigenvalue weighted by Crippen LogP contribution is -2.69. The first kappa shape index (κ1) is 30.1. The van der Waals surface area contributed by atoms with Gasteiger partial charge in [-0.05, 0) is 45.8 Å². The average molecular weight is 569 g/mol. The molecule has 1 aliphatic heterocycles. The third-order valence-electron chi connectivity index (χ3n) is 7.76. The number of cyclic esters (lactones) is 1. The van der Waals surface area contributed by atoms with Crippen LogP contribution in [0.2, 0.25) is 5.04 Å². The molecule has 0 saturated carbocycles. The lowest BCUT2D eigenvalue weighted by atomic mass is 9.98. The first-order chi connectivity index (χ1) is 19.6. The van der Waals surface area contributed by atoms with Crippen LogP contribution in [0.15, 0.2) is 104 Å². The van der Waals surface area contributed by atoms with E-state index in [9.17, 15) is 9.59 Å². The van der Waals surface area contributed by atoms with Gasteiger partial charge in [-0.1, -0.05) is 113 Å². The number of ether oxygens (including phenoxy) is 2. The van der Waals surface area contributed by atoms with E-state index in [-0.39, 0.29) is 17.1 Å². The molecule has 0 N–H and O–H groups in total. The fourth-order valence-electron chi connectivity index (χ4n) is 5.66. The number of carbonyl (C=O) groups excluding carboxylic acids is 2. The van der Waals surface area contributed by atoms with Crippen LogP contribution in [0.25, 0.3) is 0 Å². The first-order valence-electron chi connectivity index (χ1n) is 14.2. The molecule has 3 aromatic rings. The third kappa shape index (κ3) is 6.23. The Morgan fingerprint density at radius 1 is 0.976 bits per heavy atom. The van der Waals surface area contributed by atoms with Crippen LogP contribution in [0.4, 0.5) is 0 Å². The van der Waals surface area contributed by atoms with Crippen LogP contribution in [0, 0.1) is 5.92 Å². The second kappa shape index (κ2) is 12.7. The molecule has 1 saturated heterocycles. The molecule has 41 heavy (non-hydrogen) atoms. The van der Waals surface area contributed by atoms with E-state index >= 15 is 0 Å². The van der Waals surface area contributed by atoms with Gasteiger partial charge in [0.2, 0.25) is 6.10 Å². The molecule has 0 aromatic heterocycles. The molecular weight excluding hydrogens is 528 g/mol. The Balaban J connectivity index is 1.80. The zero-order chi connectivity index (χ0) is 29.6. The molecule has 4 rings (SSSR count). The summed E-state index contributed by atoms with van der Waals surface area (Å²) in [5, 5.41) is 1.87. The van der Waals surface area contributed by atoms with Crippen LogP contribution in [0.5, 0.6) is 5.75 Å². The maximum atomic E-state index is 13.9. The van der Waals surface area contributed by atoms with Gasteiger partial charge in [0.25, 0.3) is 0 Å². The summed E-state index contributed by atoms with van der Waals surface area (Å²) in [4.78, 5) is 26.6. The average Bonchev–Trinajstić information content (AvgIpc) is 3.32. The van der Waals surface area contributed by atoms with E-state index in [4.69, 9.17) is 13.9 Å². The van der Waals surface area contributed by atoms with Gasteiger partial charge in [0.05, 0.1) is 0 Å². The van der Waals surface area contributed by atoms with Crippen molar-refractivity contribution in [1.82, 2.24) is 0 Å². The SMILES string of the molecule is C=CCc1cccc(O[Si](c2ccccc2)(c2ccccc2)C(C)(C)C)c1C(=O)O[C@H]1C[C@@H]([C@H](C)CC=C)OC1=O. The number of hydrogen-bond acceptors (Lipinski definition) is 5. The number of allylic oxidation sites excluding steroid dienone is 2. The van der Waals surface area contributed by atoms with Crippen molar-refractivity contribution in [3.8, 4) is 5.75 Å². The number of hydrogen-bond donors (Lipinski definition) is 0. The van der Waals surface area contributed by atoms with Crippen molar-refractivity contribution >= 4 is 30.6 Å². The van der Waals surface area contributed by atoms with Crippen LogP contribution in [-0.4, -0.2) is 32.5 Å². The number of carbonyl (C=O) groups is 2. The second-order valence-electron chi connectivity index (χ2n) is 11.7. The molecule has 0 amide bonds. The fourth-order valence-corrected chi connectivity index (χ4v) is 10.1. The normalized spacial score (nSPS) is 17.8. The minimum Gasteiger partial charge on any atom is -0.533 e. The molecule has 214 valence electrons. The Kier molecular flexibility index (Phi) is 9.34. The van der Waals surface area contributed by atoms with E-state index in [1.165, 1.54) is 0 Å². The van der Waals surface area contributed by atoms with Crippen LogP contribution in [0.1, 0.15) is 56.5 Å². The van der Waals surface area contributed by atoms with Gasteiger partial charge in [-0.2, -0.15) is 0 Å². The summed E-state index contributed by atoms with van der Waals surface area (Å²) in [6.07, 6.45) is 3.71. The predicted molar refractivity (Wildman–Crippen MR) is 166 cm³/mol. The molecule has 6 heteroatoms. The molecule has 0 bridgehead atoms. The van der Waals surface area contributed by atoms with E-state index in [2.05, 4.69) is 58.2 Å². The monoisotopic (exact) mass is 568 g/mol. The van der Waals surface area contributed by atoms with Crippen molar-refractivity contribution in [1.29, 1.82) is 0 Å². The lowest BCUT2D eigenvalue weighted by Gasteiger charge is -2.43. The maximum absolute atomic E-state index is 13.9. The van der Waals surface area contributed by atoms with Gasteiger partial charge in [0.15, 0.2) is 0 Å². The highest BCUT2D eigenvalue weighted by Gasteiger charge is 2.52. The summed E-state index contributed by atoms with van der Waals surface area (Å²) in [5.41, 5.74) is 1.04. The van der Waals surface area contributed by atoms with Gasteiger partial charge < -0.3 is 13.9 Å². The van der Waals surface area contributed by atoms with Gasteiger partial charge in [0, 0.05) is 6.42 Å². The van der Waals surface area contributed by atoms with Crippen LogP contribution in [0.3, 0.4) is 0 Å². The maximum Gasteiger partial charge on any atom is 0.347 e. The van der Waals surface area contributed by atoms with Gasteiger partial charge in [0.1, 0.15) is 17.4 Å². The molecule has 5 nitrogen and oxygen atoms in total. The molecule has 3 aromatic carbocycles. The molecule has 1 aliphatic rings. The second-order valence-corrected chi connectivity index (χ2v) is 15.9. The molecule has 0 unspecified atom stereocenters. The number of rotatable bonds is 11. The molecule has 1 heterocycles. The number of benzene rings is 3. The Morgan fingerprint density at radius 2 is 1.59 bits per heavy atom. The smallest absolute Gasteiger partial charge is 0.347 e. The molecule has 1 fully saturated rings. The van der Waals surface area contributed by atoms with E-state index < -0.39 is 26.4 Å². The highest BCUT2D eigenvalue weighted by molar-refractivity contribution is 7.00. The van der Waals surface area contributed by atoms with Crippen LogP contribution >= 0.6 is 0 Å². The molecular formula is C35H40O5Si. The van der Waals surface area contributed by atoms with Crippen LogP contribution < -0.4 is 14.8 Å². The summed E-state index contributed by atoms with van der Waals surface area (Å²) in [6.45, 7) is 16.2. The standard InChI is InChI=1S/C35H40O5Si/c1-7-16-25(3)30-24-31(33(36)38-30)39-34(37)32-26(17-8-2)18-15-23-29(32)40-41(35(4,5)6,27-19-11-9-12-20-27)28-21-13-10-14-22-28/h7-15,18-23,25,30-31H,1-2,16-17,24H2,3-6H3/t25-,30+,31+/m1/s1. The van der Waals surface area contributed by atoms with Crippen molar-refractivity contribution < 1.29 is 23.5 Å². The third-order valence-corrected chi connectivity index (χ3v) is 12.7. The van der Waals surface area contributed by atoms with E-state index in [0.717, 1.165) is 15.9 Å². The summed E-state index contributed by atoms with van der Waals surface area (Å²) < 4.78 is 18.7. The van der Waals surface area contributed by atoms with Crippen molar-refractivity contribution in [3.05, 3.63) is 115 Å². The summed E-state index contributed by atoms with van der Waals surface area (Å²) in [5.74, 6) is -0.599. The quantitative estimate of drug-likeness (QED) is 0.152. The summed E-state index contributed by atoms with van der Waals surface area (Å²) in [7, 11) is -3.04. The molecule has 3 atom stereocenters. The van der Waals surface area contributed by atoms with Gasteiger partial charge >= 0.3 is 20.3 Å². The Hall–Kier alpha value is -3.90. The number of esters is 2.